The second kappa shape index (κ2) is 4.93. The summed E-state index contributed by atoms with van der Waals surface area (Å²) in [7, 11) is 0. The molecule has 3 nitrogen and oxygen atoms in total. The second-order valence-corrected chi connectivity index (χ2v) is 5.27. The summed E-state index contributed by atoms with van der Waals surface area (Å²) in [5, 5.41) is 2.18. The number of hydrogen-bond acceptors (Lipinski definition) is 2. The molecule has 108 valence electrons. The monoisotopic (exact) mass is 291 g/mol. The van der Waals surface area contributed by atoms with E-state index in [4.69, 9.17) is 5.73 Å². The highest BCUT2D eigenvalue weighted by Gasteiger charge is 2.13. The van der Waals surface area contributed by atoms with E-state index in [1.165, 1.54) is 12.1 Å². The largest absolute Gasteiger partial charge is 0.353 e. The third-order valence-corrected chi connectivity index (χ3v) is 3.86. The van der Waals surface area contributed by atoms with Crippen LogP contribution in [-0.2, 0) is 6.54 Å². The molecule has 4 rings (SSSR count). The van der Waals surface area contributed by atoms with Crippen LogP contribution in [0.1, 0.15) is 5.69 Å². The Labute approximate surface area is 126 Å². The molecule has 0 atom stereocenters. The van der Waals surface area contributed by atoms with Crippen LogP contribution in [0.2, 0.25) is 0 Å². The van der Waals surface area contributed by atoms with Gasteiger partial charge in [-0.25, -0.2) is 9.37 Å². The van der Waals surface area contributed by atoms with Crippen LogP contribution < -0.4 is 5.73 Å². The Morgan fingerprint density at radius 3 is 2.68 bits per heavy atom. The maximum absolute atomic E-state index is 13.6. The molecule has 0 saturated heterocycles. The lowest BCUT2D eigenvalue weighted by atomic mass is 10.1. The van der Waals surface area contributed by atoms with Crippen molar-refractivity contribution in [1.82, 2.24) is 9.97 Å². The Morgan fingerprint density at radius 2 is 1.86 bits per heavy atom. The minimum Gasteiger partial charge on any atom is -0.353 e. The topological polar surface area (TPSA) is 54.7 Å². The molecule has 0 aliphatic rings. The van der Waals surface area contributed by atoms with Crippen molar-refractivity contribution in [3.8, 4) is 11.3 Å². The summed E-state index contributed by atoms with van der Waals surface area (Å²) in [5.41, 5.74) is 9.98. The van der Waals surface area contributed by atoms with Gasteiger partial charge in [-0.1, -0.05) is 30.3 Å². The fraction of sp³-hybridized carbons (Fsp3) is 0.0556. The molecule has 0 saturated carbocycles. The molecule has 0 bridgehead atoms. The summed E-state index contributed by atoms with van der Waals surface area (Å²) in [6.07, 6.45) is 0. The molecule has 2 heterocycles. The highest BCUT2D eigenvalue weighted by Crippen LogP contribution is 2.32. The SMILES string of the molecule is NCc1cc2c([nH]c3ccccc32)c(-c2cccc(F)c2)n1. The number of hydrogen-bond donors (Lipinski definition) is 2. The van der Waals surface area contributed by atoms with Crippen LogP contribution >= 0.6 is 0 Å². The third kappa shape index (κ3) is 1.96. The van der Waals surface area contributed by atoms with Crippen molar-refractivity contribution in [2.24, 2.45) is 5.73 Å². The zero-order valence-electron chi connectivity index (χ0n) is 11.8. The molecule has 0 fully saturated rings. The molecule has 0 aliphatic carbocycles. The lowest BCUT2D eigenvalue weighted by Gasteiger charge is -2.06. The fourth-order valence-corrected chi connectivity index (χ4v) is 2.85. The maximum atomic E-state index is 13.6. The zero-order valence-corrected chi connectivity index (χ0v) is 11.8. The number of aromatic amines is 1. The van der Waals surface area contributed by atoms with E-state index in [1.807, 2.05) is 30.3 Å². The third-order valence-electron chi connectivity index (χ3n) is 3.86. The highest BCUT2D eigenvalue weighted by molar-refractivity contribution is 6.11. The molecule has 22 heavy (non-hydrogen) atoms. The van der Waals surface area contributed by atoms with Gasteiger partial charge in [-0.15, -0.1) is 0 Å². The molecule has 0 unspecified atom stereocenters. The van der Waals surface area contributed by atoms with Gasteiger partial charge in [0.15, 0.2) is 0 Å². The molecule has 2 aromatic heterocycles. The minimum atomic E-state index is -0.276. The van der Waals surface area contributed by atoms with Crippen molar-refractivity contribution in [1.29, 1.82) is 0 Å². The van der Waals surface area contributed by atoms with Crippen LogP contribution in [0.4, 0.5) is 4.39 Å². The van der Waals surface area contributed by atoms with E-state index in [0.717, 1.165) is 38.8 Å². The number of benzene rings is 2. The van der Waals surface area contributed by atoms with Crippen molar-refractivity contribution in [3.63, 3.8) is 0 Å². The first-order chi connectivity index (χ1) is 10.8. The van der Waals surface area contributed by atoms with E-state index in [2.05, 4.69) is 16.0 Å². The van der Waals surface area contributed by atoms with E-state index in [-0.39, 0.29) is 5.82 Å². The molecule has 2 aromatic carbocycles. The number of nitrogens with two attached hydrogens (primary N) is 1. The fourth-order valence-electron chi connectivity index (χ4n) is 2.85. The number of halogens is 1. The lowest BCUT2D eigenvalue weighted by Crippen LogP contribution is -2.01. The molecule has 0 radical (unpaired) electrons. The first-order valence-corrected chi connectivity index (χ1v) is 7.12. The van der Waals surface area contributed by atoms with Crippen molar-refractivity contribution in [2.45, 2.75) is 6.54 Å². The molecule has 3 N–H and O–H groups in total. The van der Waals surface area contributed by atoms with Gasteiger partial charge in [0.25, 0.3) is 0 Å². The predicted molar refractivity (Wildman–Crippen MR) is 86.9 cm³/mol. The summed E-state index contributed by atoms with van der Waals surface area (Å²) < 4.78 is 13.6. The van der Waals surface area contributed by atoms with Gasteiger partial charge in [0, 0.05) is 28.4 Å². The number of nitrogens with zero attached hydrogens (tertiary/aromatic N) is 1. The molecule has 0 spiro atoms. The smallest absolute Gasteiger partial charge is 0.123 e. The van der Waals surface area contributed by atoms with Gasteiger partial charge in [0.05, 0.1) is 16.9 Å². The summed E-state index contributed by atoms with van der Waals surface area (Å²) in [6.45, 7) is 0.345. The molecule has 0 aliphatic heterocycles. The Balaban J connectivity index is 2.12. The van der Waals surface area contributed by atoms with Crippen LogP contribution in [0.3, 0.4) is 0 Å². The van der Waals surface area contributed by atoms with Crippen LogP contribution in [0, 0.1) is 5.82 Å². The van der Waals surface area contributed by atoms with Gasteiger partial charge in [-0.3, -0.25) is 0 Å². The van der Waals surface area contributed by atoms with Gasteiger partial charge in [0.2, 0.25) is 0 Å². The summed E-state index contributed by atoms with van der Waals surface area (Å²) in [6, 6.07) is 16.5. The molecule has 4 heteroatoms. The van der Waals surface area contributed by atoms with E-state index in [9.17, 15) is 4.39 Å². The Morgan fingerprint density at radius 1 is 1.00 bits per heavy atom. The highest BCUT2D eigenvalue weighted by atomic mass is 19.1. The Bertz CT molecular complexity index is 988. The van der Waals surface area contributed by atoms with Gasteiger partial charge in [0.1, 0.15) is 5.82 Å². The number of H-pyrrole nitrogens is 1. The second-order valence-electron chi connectivity index (χ2n) is 5.27. The molecule has 0 amide bonds. The van der Waals surface area contributed by atoms with Gasteiger partial charge < -0.3 is 10.7 Å². The standard InChI is InChI=1S/C18H14FN3/c19-12-5-3-4-11(8-12)17-18-15(9-13(10-20)21-17)14-6-1-2-7-16(14)22-18/h1-9,22H,10,20H2. The van der Waals surface area contributed by atoms with Crippen LogP contribution in [0.25, 0.3) is 33.1 Å². The van der Waals surface area contributed by atoms with Crippen molar-refractivity contribution < 1.29 is 4.39 Å². The summed E-state index contributed by atoms with van der Waals surface area (Å²) in [5.74, 6) is -0.276. The van der Waals surface area contributed by atoms with Gasteiger partial charge in [-0.2, -0.15) is 0 Å². The van der Waals surface area contributed by atoms with Gasteiger partial charge in [-0.05, 0) is 24.3 Å². The molecule has 4 aromatic rings. The average molecular weight is 291 g/mol. The van der Waals surface area contributed by atoms with Crippen molar-refractivity contribution in [2.75, 3.05) is 0 Å². The quantitative estimate of drug-likeness (QED) is 0.587. The number of fused-ring (bicyclic) bond motifs is 3. The van der Waals surface area contributed by atoms with Crippen molar-refractivity contribution in [3.05, 3.63) is 66.1 Å². The van der Waals surface area contributed by atoms with E-state index in [0.29, 0.717) is 6.54 Å². The van der Waals surface area contributed by atoms with Gasteiger partial charge >= 0.3 is 0 Å². The summed E-state index contributed by atoms with van der Waals surface area (Å²) >= 11 is 0. The van der Waals surface area contributed by atoms with E-state index >= 15 is 0 Å². The van der Waals surface area contributed by atoms with E-state index < -0.39 is 0 Å². The number of aromatic nitrogens is 2. The summed E-state index contributed by atoms with van der Waals surface area (Å²) in [4.78, 5) is 7.99. The first-order valence-electron chi connectivity index (χ1n) is 7.12. The van der Waals surface area contributed by atoms with Crippen LogP contribution in [0.5, 0.6) is 0 Å². The first kappa shape index (κ1) is 13.0. The van der Waals surface area contributed by atoms with Crippen molar-refractivity contribution >= 4 is 21.8 Å². The maximum Gasteiger partial charge on any atom is 0.123 e. The van der Waals surface area contributed by atoms with Crippen LogP contribution in [-0.4, -0.2) is 9.97 Å². The average Bonchev–Trinajstić information content (AvgIpc) is 2.92. The predicted octanol–water partition coefficient (Wildman–Crippen LogP) is 3.98. The number of pyridine rings is 1. The number of nitrogens with one attached hydrogen (secondary N) is 1. The number of rotatable bonds is 2. The van der Waals surface area contributed by atoms with Crippen LogP contribution in [0.15, 0.2) is 54.6 Å². The normalized spacial score (nSPS) is 11.4. The minimum absolute atomic E-state index is 0.276. The molecular formula is C18H14FN3. The lowest BCUT2D eigenvalue weighted by molar-refractivity contribution is 0.628. The zero-order chi connectivity index (χ0) is 15.1. The van der Waals surface area contributed by atoms with E-state index in [1.54, 1.807) is 6.07 Å². The molecular weight excluding hydrogens is 277 g/mol. The Kier molecular flexibility index (Phi) is 2.91. The number of para-hydroxylation sites is 1. The Hall–Kier alpha value is -2.72.